The first-order chi connectivity index (χ1) is 15.1. The number of rotatable bonds is 5. The molecule has 2 aliphatic rings. The van der Waals surface area contributed by atoms with Crippen LogP contribution in [0.3, 0.4) is 0 Å². The van der Waals surface area contributed by atoms with E-state index >= 15 is 0 Å². The van der Waals surface area contributed by atoms with Gasteiger partial charge in [0.1, 0.15) is 4.83 Å². The fourth-order valence-corrected chi connectivity index (χ4v) is 6.43. The fourth-order valence-electron chi connectivity index (χ4n) is 4.32. The van der Waals surface area contributed by atoms with Gasteiger partial charge in [-0.2, -0.15) is 0 Å². The van der Waals surface area contributed by atoms with Gasteiger partial charge >= 0.3 is 5.97 Å². The minimum absolute atomic E-state index is 0.0291. The summed E-state index contributed by atoms with van der Waals surface area (Å²) in [6.45, 7) is 1.15. The van der Waals surface area contributed by atoms with E-state index in [1.54, 1.807) is 27.6 Å². The normalized spacial score (nSPS) is 15.5. The molecule has 0 unspecified atom stereocenters. The zero-order chi connectivity index (χ0) is 21.4. The highest BCUT2D eigenvalue weighted by Gasteiger charge is 2.23. The Hall–Kier alpha value is -2.52. The van der Waals surface area contributed by atoms with Crippen molar-refractivity contribution < 1.29 is 14.3 Å². The van der Waals surface area contributed by atoms with Crippen LogP contribution in [0, 0.1) is 0 Å². The molecule has 0 saturated heterocycles. The molecule has 1 aliphatic heterocycles. The summed E-state index contributed by atoms with van der Waals surface area (Å²) >= 11 is 3.33. The zero-order valence-corrected chi connectivity index (χ0v) is 18.7. The van der Waals surface area contributed by atoms with Crippen molar-refractivity contribution in [1.29, 1.82) is 0 Å². The van der Waals surface area contributed by atoms with Gasteiger partial charge in [0.05, 0.1) is 18.1 Å². The van der Waals surface area contributed by atoms with Crippen LogP contribution in [0.25, 0.3) is 10.2 Å². The average molecular weight is 458 g/mol. The Labute approximate surface area is 187 Å². The lowest BCUT2D eigenvalue weighted by Gasteiger charge is -2.26. The number of hydrogen-bond donors (Lipinski definition) is 0. The molecular weight excluding hydrogens is 434 g/mol. The SMILES string of the molecule is O=C(CCn1cnc2sc3c(c2c1=O)CCCC3)OCC(=O)N1CCc2sccc2C1. The number of amides is 1. The Morgan fingerprint density at radius 2 is 2.03 bits per heavy atom. The monoisotopic (exact) mass is 457 g/mol. The number of esters is 1. The molecule has 1 aliphatic carbocycles. The third-order valence-corrected chi connectivity index (χ3v) is 8.24. The molecule has 0 spiro atoms. The van der Waals surface area contributed by atoms with Crippen LogP contribution in [-0.4, -0.2) is 39.5 Å². The van der Waals surface area contributed by atoms with Gasteiger partial charge < -0.3 is 9.64 Å². The van der Waals surface area contributed by atoms with E-state index in [0.717, 1.165) is 42.5 Å². The Balaban J connectivity index is 1.17. The van der Waals surface area contributed by atoms with Gasteiger partial charge in [-0.1, -0.05) is 0 Å². The van der Waals surface area contributed by atoms with Crippen molar-refractivity contribution in [1.82, 2.24) is 14.5 Å². The molecule has 0 bridgehead atoms. The van der Waals surface area contributed by atoms with Crippen molar-refractivity contribution in [3.63, 3.8) is 0 Å². The van der Waals surface area contributed by atoms with E-state index < -0.39 is 5.97 Å². The van der Waals surface area contributed by atoms with Gasteiger partial charge in [0.25, 0.3) is 11.5 Å². The first kappa shape index (κ1) is 20.4. The van der Waals surface area contributed by atoms with Crippen molar-refractivity contribution in [2.45, 2.75) is 51.6 Å². The first-order valence-corrected chi connectivity index (χ1v) is 12.3. The summed E-state index contributed by atoms with van der Waals surface area (Å²) in [6, 6.07) is 2.04. The van der Waals surface area contributed by atoms with Gasteiger partial charge in [-0.3, -0.25) is 19.0 Å². The molecule has 0 N–H and O–H groups in total. The number of aromatic nitrogens is 2. The van der Waals surface area contributed by atoms with Gasteiger partial charge in [-0.25, -0.2) is 4.98 Å². The minimum Gasteiger partial charge on any atom is -0.456 e. The maximum Gasteiger partial charge on any atom is 0.308 e. The Morgan fingerprint density at radius 1 is 1.16 bits per heavy atom. The summed E-state index contributed by atoms with van der Waals surface area (Å²) in [6.07, 6.45) is 6.57. The molecule has 9 heteroatoms. The number of fused-ring (bicyclic) bond motifs is 4. The summed E-state index contributed by atoms with van der Waals surface area (Å²) in [5, 5.41) is 2.75. The van der Waals surface area contributed by atoms with Crippen LogP contribution in [0.5, 0.6) is 0 Å². The molecule has 7 nitrogen and oxygen atoms in total. The van der Waals surface area contributed by atoms with Gasteiger partial charge in [0.15, 0.2) is 6.61 Å². The van der Waals surface area contributed by atoms with Crippen molar-refractivity contribution in [2.24, 2.45) is 0 Å². The summed E-state index contributed by atoms with van der Waals surface area (Å²) in [4.78, 5) is 47.1. The maximum absolute atomic E-state index is 12.9. The van der Waals surface area contributed by atoms with Crippen LogP contribution < -0.4 is 5.56 Å². The molecule has 0 atom stereocenters. The van der Waals surface area contributed by atoms with Crippen molar-refractivity contribution in [3.8, 4) is 0 Å². The number of hydrogen-bond acceptors (Lipinski definition) is 7. The second kappa shape index (κ2) is 8.55. The molecule has 4 heterocycles. The van der Waals surface area contributed by atoms with Crippen LogP contribution in [0.4, 0.5) is 0 Å². The highest BCUT2D eigenvalue weighted by atomic mass is 32.1. The smallest absolute Gasteiger partial charge is 0.308 e. The van der Waals surface area contributed by atoms with Gasteiger partial charge in [-0.15, -0.1) is 22.7 Å². The molecule has 31 heavy (non-hydrogen) atoms. The molecule has 162 valence electrons. The van der Waals surface area contributed by atoms with Crippen LogP contribution in [0.2, 0.25) is 0 Å². The average Bonchev–Trinajstić information content (AvgIpc) is 3.41. The number of aryl methyl sites for hydroxylation is 3. The van der Waals surface area contributed by atoms with Crippen LogP contribution >= 0.6 is 22.7 Å². The summed E-state index contributed by atoms with van der Waals surface area (Å²) in [5.74, 6) is -0.670. The van der Waals surface area contributed by atoms with Gasteiger partial charge in [0, 0.05) is 29.4 Å². The van der Waals surface area contributed by atoms with Crippen molar-refractivity contribution in [2.75, 3.05) is 13.2 Å². The lowest BCUT2D eigenvalue weighted by Crippen LogP contribution is -2.38. The molecule has 0 fully saturated rings. The predicted molar refractivity (Wildman–Crippen MR) is 120 cm³/mol. The van der Waals surface area contributed by atoms with Crippen LogP contribution in [0.15, 0.2) is 22.6 Å². The summed E-state index contributed by atoms with van der Waals surface area (Å²) < 4.78 is 6.67. The second-order valence-electron chi connectivity index (χ2n) is 7.98. The van der Waals surface area contributed by atoms with E-state index in [2.05, 4.69) is 4.98 Å². The second-order valence-corrected chi connectivity index (χ2v) is 10.1. The molecule has 5 rings (SSSR count). The fraction of sp³-hybridized carbons (Fsp3) is 0.455. The van der Waals surface area contributed by atoms with E-state index in [9.17, 15) is 14.4 Å². The Morgan fingerprint density at radius 3 is 2.94 bits per heavy atom. The number of nitrogens with zero attached hydrogens (tertiary/aromatic N) is 3. The number of carbonyl (C=O) groups is 2. The Kier molecular flexibility index (Phi) is 5.62. The molecule has 3 aromatic heterocycles. The first-order valence-electron chi connectivity index (χ1n) is 10.6. The molecular formula is C22H23N3O4S2. The van der Waals surface area contributed by atoms with E-state index in [0.29, 0.717) is 18.5 Å². The van der Waals surface area contributed by atoms with Crippen LogP contribution in [0.1, 0.15) is 40.1 Å². The largest absolute Gasteiger partial charge is 0.456 e. The lowest BCUT2D eigenvalue weighted by molar-refractivity contribution is -0.152. The third-order valence-electron chi connectivity index (χ3n) is 6.02. The topological polar surface area (TPSA) is 81.5 Å². The van der Waals surface area contributed by atoms with Crippen molar-refractivity contribution >= 4 is 44.8 Å². The minimum atomic E-state index is -0.485. The van der Waals surface area contributed by atoms with E-state index in [4.69, 9.17) is 4.74 Å². The highest BCUT2D eigenvalue weighted by molar-refractivity contribution is 7.18. The van der Waals surface area contributed by atoms with Gasteiger partial charge in [0.2, 0.25) is 0 Å². The van der Waals surface area contributed by atoms with Gasteiger partial charge in [-0.05, 0) is 54.7 Å². The number of thiophene rings is 2. The van der Waals surface area contributed by atoms with Crippen molar-refractivity contribution in [3.05, 3.63) is 49.0 Å². The predicted octanol–water partition coefficient (Wildman–Crippen LogP) is 2.92. The van der Waals surface area contributed by atoms with Crippen LogP contribution in [-0.2, 0) is 46.7 Å². The highest BCUT2D eigenvalue weighted by Crippen LogP contribution is 2.33. The molecule has 0 saturated carbocycles. The van der Waals surface area contributed by atoms with E-state index in [-0.39, 0.29) is 31.0 Å². The maximum atomic E-state index is 12.9. The Bertz CT molecular complexity index is 1210. The third kappa shape index (κ3) is 4.04. The molecule has 0 radical (unpaired) electrons. The molecule has 1 amide bonds. The zero-order valence-electron chi connectivity index (χ0n) is 17.1. The number of ether oxygens (including phenoxy) is 1. The number of carbonyl (C=O) groups excluding carboxylic acids is 2. The molecule has 0 aromatic carbocycles. The van der Waals surface area contributed by atoms with E-state index in [1.165, 1.54) is 26.2 Å². The quantitative estimate of drug-likeness (QED) is 0.551. The summed E-state index contributed by atoms with van der Waals surface area (Å²) in [5.41, 5.74) is 2.23. The van der Waals surface area contributed by atoms with E-state index in [1.807, 2.05) is 11.4 Å². The summed E-state index contributed by atoms with van der Waals surface area (Å²) in [7, 11) is 0. The molecule has 3 aromatic rings. The lowest BCUT2D eigenvalue weighted by atomic mass is 9.97. The standard InChI is InChI=1S/C22H23N3O4S2/c26-18(24-8-5-16-14(11-24)7-10-30-16)12-29-19(27)6-9-25-13-23-21-20(22(25)28)15-3-1-2-4-17(15)31-21/h7,10,13H,1-6,8-9,11-12H2.